The van der Waals surface area contributed by atoms with Crippen LogP contribution in [0.5, 0.6) is 0 Å². The third-order valence-corrected chi connectivity index (χ3v) is 7.22. The molecule has 1 fully saturated rings. The van der Waals surface area contributed by atoms with Crippen molar-refractivity contribution in [1.82, 2.24) is 19.9 Å². The average Bonchev–Trinajstić information content (AvgIpc) is 3.00. The molecular weight excluding hydrogens is 502 g/mol. The van der Waals surface area contributed by atoms with Crippen LogP contribution >= 0.6 is 0 Å². The number of rotatable bonds is 7. The smallest absolute Gasteiger partial charge is 0.322 e. The molecule has 3 aromatic heterocycles. The second kappa shape index (κ2) is 12.3. The number of carbonyl (C=O) groups excluding carboxylic acids is 1. The average molecular weight is 534 g/mol. The molecule has 1 aromatic carbocycles. The summed E-state index contributed by atoms with van der Waals surface area (Å²) >= 11 is 0. The van der Waals surface area contributed by atoms with E-state index in [4.69, 9.17) is 5.26 Å². The first-order valence-electron chi connectivity index (χ1n) is 13.4. The van der Waals surface area contributed by atoms with Crippen molar-refractivity contribution < 1.29 is 4.79 Å². The van der Waals surface area contributed by atoms with Crippen LogP contribution in [0.15, 0.2) is 90.1 Å². The van der Waals surface area contributed by atoms with Gasteiger partial charge in [0.15, 0.2) is 0 Å². The number of pyridine rings is 3. The summed E-state index contributed by atoms with van der Waals surface area (Å²) in [5, 5.41) is 15.6. The van der Waals surface area contributed by atoms with Gasteiger partial charge in [-0.2, -0.15) is 5.26 Å². The Balaban J connectivity index is 1.31. The minimum atomic E-state index is -0.161. The molecule has 5 rings (SSSR count). The Kier molecular flexibility index (Phi) is 8.16. The maximum Gasteiger partial charge on any atom is 0.322 e. The molecule has 0 radical (unpaired) electrons. The molecule has 0 atom stereocenters. The summed E-state index contributed by atoms with van der Waals surface area (Å²) in [4.78, 5) is 36.2. The Morgan fingerprint density at radius 2 is 1.80 bits per heavy atom. The first-order chi connectivity index (χ1) is 19.5. The number of hydrogen-bond acceptors (Lipinski definition) is 6. The van der Waals surface area contributed by atoms with Gasteiger partial charge in [0.1, 0.15) is 11.9 Å². The third kappa shape index (κ3) is 6.35. The number of aromatic nitrogens is 3. The van der Waals surface area contributed by atoms with E-state index in [1.807, 2.05) is 53.4 Å². The first-order valence-corrected chi connectivity index (χ1v) is 13.4. The van der Waals surface area contributed by atoms with Gasteiger partial charge in [0, 0.05) is 49.7 Å². The van der Waals surface area contributed by atoms with Crippen LogP contribution in [0.25, 0.3) is 11.3 Å². The van der Waals surface area contributed by atoms with Crippen molar-refractivity contribution in [2.24, 2.45) is 7.05 Å². The number of benzene rings is 1. The normalized spacial score (nSPS) is 16.5. The molecule has 2 amide bonds. The van der Waals surface area contributed by atoms with E-state index in [1.54, 1.807) is 37.8 Å². The summed E-state index contributed by atoms with van der Waals surface area (Å²) in [7, 11) is 1.71. The number of amides is 2. The SMILES string of the molecule is Cn1cc(-c2ccc(N(C(=O)NCc3ccccc3)[C@H]3CC[C@H](Nc4ccc(C#N)cn4)CC3)cn2)ccc1=O. The van der Waals surface area contributed by atoms with E-state index >= 15 is 0 Å². The summed E-state index contributed by atoms with van der Waals surface area (Å²) in [5.41, 5.74) is 3.76. The highest BCUT2D eigenvalue weighted by atomic mass is 16.2. The summed E-state index contributed by atoms with van der Waals surface area (Å²) in [6.45, 7) is 0.432. The molecular formula is C31H31N7O2. The van der Waals surface area contributed by atoms with Crippen LogP contribution in [0, 0.1) is 11.3 Å². The van der Waals surface area contributed by atoms with Crippen LogP contribution in [-0.4, -0.2) is 32.6 Å². The second-order valence-electron chi connectivity index (χ2n) is 9.98. The van der Waals surface area contributed by atoms with E-state index in [9.17, 15) is 9.59 Å². The fourth-order valence-electron chi connectivity index (χ4n) is 5.03. The van der Waals surface area contributed by atoms with Crippen molar-refractivity contribution in [3.05, 3.63) is 107 Å². The molecule has 40 heavy (non-hydrogen) atoms. The Hall–Kier alpha value is -4.97. The molecule has 3 heterocycles. The van der Waals surface area contributed by atoms with E-state index < -0.39 is 0 Å². The summed E-state index contributed by atoms with van der Waals surface area (Å²) in [5.74, 6) is 0.748. The molecule has 0 bridgehead atoms. The Morgan fingerprint density at radius 3 is 2.45 bits per heavy atom. The zero-order valence-electron chi connectivity index (χ0n) is 22.3. The van der Waals surface area contributed by atoms with E-state index in [1.165, 1.54) is 10.6 Å². The van der Waals surface area contributed by atoms with Gasteiger partial charge >= 0.3 is 6.03 Å². The molecule has 1 saturated carbocycles. The highest BCUT2D eigenvalue weighted by Gasteiger charge is 2.30. The van der Waals surface area contributed by atoms with Crippen molar-refractivity contribution in [1.29, 1.82) is 5.26 Å². The number of hydrogen-bond donors (Lipinski definition) is 2. The van der Waals surface area contributed by atoms with Crippen molar-refractivity contribution in [3.63, 3.8) is 0 Å². The molecule has 2 N–H and O–H groups in total. The molecule has 0 spiro atoms. The van der Waals surface area contributed by atoms with Crippen LogP contribution in [-0.2, 0) is 13.6 Å². The van der Waals surface area contributed by atoms with E-state index in [2.05, 4.69) is 26.7 Å². The molecule has 0 saturated heterocycles. The predicted molar refractivity (Wildman–Crippen MR) is 155 cm³/mol. The zero-order valence-corrected chi connectivity index (χ0v) is 22.3. The molecule has 1 aliphatic rings. The summed E-state index contributed by atoms with van der Waals surface area (Å²) in [6, 6.07) is 22.7. The molecule has 9 heteroatoms. The number of nitriles is 1. The monoisotopic (exact) mass is 533 g/mol. The molecule has 1 aliphatic carbocycles. The number of nitrogens with zero attached hydrogens (tertiary/aromatic N) is 5. The number of anilines is 2. The second-order valence-corrected chi connectivity index (χ2v) is 9.98. The minimum Gasteiger partial charge on any atom is -0.367 e. The van der Waals surface area contributed by atoms with Gasteiger partial charge in [-0.05, 0) is 61.6 Å². The van der Waals surface area contributed by atoms with Gasteiger partial charge in [-0.1, -0.05) is 30.3 Å². The van der Waals surface area contributed by atoms with Crippen molar-refractivity contribution in [2.75, 3.05) is 10.2 Å². The van der Waals surface area contributed by atoms with Gasteiger partial charge in [0.05, 0.1) is 23.1 Å². The zero-order chi connectivity index (χ0) is 27.9. The van der Waals surface area contributed by atoms with Crippen LogP contribution in [0.2, 0.25) is 0 Å². The topological polar surface area (TPSA) is 116 Å². The van der Waals surface area contributed by atoms with E-state index in [0.717, 1.165) is 54.0 Å². The lowest BCUT2D eigenvalue weighted by atomic mass is 9.90. The van der Waals surface area contributed by atoms with Gasteiger partial charge in [-0.15, -0.1) is 0 Å². The predicted octanol–water partition coefficient (Wildman–Crippen LogP) is 4.85. The highest BCUT2D eigenvalue weighted by Crippen LogP contribution is 2.30. The third-order valence-electron chi connectivity index (χ3n) is 7.22. The van der Waals surface area contributed by atoms with Crippen molar-refractivity contribution in [2.45, 2.75) is 44.3 Å². The van der Waals surface area contributed by atoms with Crippen molar-refractivity contribution in [3.8, 4) is 17.3 Å². The van der Waals surface area contributed by atoms with Crippen LogP contribution in [0.3, 0.4) is 0 Å². The minimum absolute atomic E-state index is 0.00736. The van der Waals surface area contributed by atoms with Crippen molar-refractivity contribution >= 4 is 17.5 Å². The van der Waals surface area contributed by atoms with Gasteiger partial charge in [-0.25, -0.2) is 9.78 Å². The lowest BCUT2D eigenvalue weighted by Gasteiger charge is -2.37. The van der Waals surface area contributed by atoms with E-state index in [0.29, 0.717) is 12.1 Å². The number of aryl methyl sites for hydroxylation is 1. The van der Waals surface area contributed by atoms with Gasteiger partial charge in [0.2, 0.25) is 5.56 Å². The molecule has 202 valence electrons. The number of urea groups is 1. The largest absolute Gasteiger partial charge is 0.367 e. The van der Waals surface area contributed by atoms with Gasteiger partial charge < -0.3 is 15.2 Å². The quantitative estimate of drug-likeness (QED) is 0.351. The summed E-state index contributed by atoms with van der Waals surface area (Å²) in [6.07, 6.45) is 8.43. The first kappa shape index (κ1) is 26.6. The van der Waals surface area contributed by atoms with Gasteiger partial charge in [-0.3, -0.25) is 14.7 Å². The van der Waals surface area contributed by atoms with Crippen LogP contribution in [0.4, 0.5) is 16.3 Å². The van der Waals surface area contributed by atoms with Crippen LogP contribution in [0.1, 0.15) is 36.8 Å². The highest BCUT2D eigenvalue weighted by molar-refractivity contribution is 5.92. The van der Waals surface area contributed by atoms with E-state index in [-0.39, 0.29) is 23.7 Å². The molecule has 9 nitrogen and oxygen atoms in total. The van der Waals surface area contributed by atoms with Crippen LogP contribution < -0.4 is 21.1 Å². The molecule has 0 unspecified atom stereocenters. The fraction of sp³-hybridized carbons (Fsp3) is 0.258. The molecule has 4 aromatic rings. The Labute approximate surface area is 233 Å². The fourth-order valence-corrected chi connectivity index (χ4v) is 5.03. The standard InChI is InChI=1S/C31H31N7O2/c1-37-21-24(8-16-30(37)39)28-14-13-27(20-33-28)38(31(40)35-18-22-5-3-2-4-6-22)26-11-9-25(10-12-26)36-29-15-7-23(17-32)19-34-29/h2-8,13-16,19-21,25-26H,9-12,18H2,1H3,(H,34,36)(H,35,40)/t25-,26-. The maximum atomic E-state index is 13.6. The molecule has 0 aliphatic heterocycles. The maximum absolute atomic E-state index is 13.6. The Bertz CT molecular complexity index is 1540. The lowest BCUT2D eigenvalue weighted by molar-refractivity contribution is 0.240. The Morgan fingerprint density at radius 1 is 1.00 bits per heavy atom. The number of nitrogens with one attached hydrogen (secondary N) is 2. The summed E-state index contributed by atoms with van der Waals surface area (Å²) < 4.78 is 1.52. The number of carbonyl (C=O) groups is 1. The van der Waals surface area contributed by atoms with Gasteiger partial charge in [0.25, 0.3) is 0 Å². The lowest BCUT2D eigenvalue weighted by Crippen LogP contribution is -2.48.